The summed E-state index contributed by atoms with van der Waals surface area (Å²) in [5.74, 6) is -0.149. The highest BCUT2D eigenvalue weighted by molar-refractivity contribution is 7.89. The second kappa shape index (κ2) is 5.31. The molecule has 0 unspecified atom stereocenters. The third-order valence-corrected chi connectivity index (χ3v) is 4.47. The molecule has 1 N–H and O–H groups in total. The van der Waals surface area contributed by atoms with Gasteiger partial charge in [0.15, 0.2) is 5.65 Å². The molecule has 3 aromatic rings. The highest BCUT2D eigenvalue weighted by Crippen LogP contribution is 2.26. The first-order chi connectivity index (χ1) is 11.2. The molecule has 3 rings (SSSR count). The molecule has 0 radical (unpaired) electrons. The van der Waals surface area contributed by atoms with Crippen LogP contribution in [0, 0.1) is 11.3 Å². The molecule has 0 aliphatic heterocycles. The van der Waals surface area contributed by atoms with E-state index in [0.29, 0.717) is 16.8 Å². The van der Waals surface area contributed by atoms with E-state index in [0.717, 1.165) is 14.9 Å². The molecule has 0 aliphatic carbocycles. The Kier molecular flexibility index (Phi) is 3.53. The summed E-state index contributed by atoms with van der Waals surface area (Å²) in [5.41, 5.74) is 1.42. The molecule has 0 spiro atoms. The first-order valence-corrected chi connectivity index (χ1v) is 8.88. The van der Waals surface area contributed by atoms with Gasteiger partial charge in [0, 0.05) is 11.1 Å². The van der Waals surface area contributed by atoms with Crippen molar-refractivity contribution in [3.63, 3.8) is 0 Å². The molecule has 0 atom stereocenters. The summed E-state index contributed by atoms with van der Waals surface area (Å²) >= 11 is 0. The van der Waals surface area contributed by atoms with Crippen LogP contribution in [0.2, 0.25) is 0 Å². The van der Waals surface area contributed by atoms with Gasteiger partial charge in [0.2, 0.25) is 0 Å². The Bertz CT molecular complexity index is 1140. The van der Waals surface area contributed by atoms with Gasteiger partial charge >= 0.3 is 0 Å². The highest BCUT2D eigenvalue weighted by Gasteiger charge is 2.21. The van der Waals surface area contributed by atoms with E-state index in [2.05, 4.69) is 15.2 Å². The van der Waals surface area contributed by atoms with Gasteiger partial charge in [-0.05, 0) is 5.92 Å². The minimum Gasteiger partial charge on any atom is -0.338 e. The van der Waals surface area contributed by atoms with Crippen molar-refractivity contribution in [2.75, 3.05) is 6.26 Å². The number of rotatable bonds is 3. The van der Waals surface area contributed by atoms with Gasteiger partial charge in [0.1, 0.15) is 11.6 Å². The number of nitrogens with one attached hydrogen (secondary N) is 1. The van der Waals surface area contributed by atoms with Gasteiger partial charge in [0.25, 0.3) is 15.6 Å². The molecule has 24 heavy (non-hydrogen) atoms. The lowest BCUT2D eigenvalue weighted by molar-refractivity contribution is 0.586. The van der Waals surface area contributed by atoms with Gasteiger partial charge < -0.3 is 4.98 Å². The normalized spacial score (nSPS) is 12.0. The van der Waals surface area contributed by atoms with E-state index in [1.165, 1.54) is 18.6 Å². The van der Waals surface area contributed by atoms with Crippen molar-refractivity contribution in [2.45, 2.75) is 19.8 Å². The summed E-state index contributed by atoms with van der Waals surface area (Å²) in [6, 6.07) is 1.96. The molecule has 0 aliphatic rings. The fraction of sp³-hybridized carbons (Fsp3) is 0.286. The van der Waals surface area contributed by atoms with Crippen molar-refractivity contribution in [1.82, 2.24) is 23.8 Å². The number of aromatic amines is 1. The Morgan fingerprint density at radius 2 is 2.00 bits per heavy atom. The Hall–Kier alpha value is -2.93. The Balaban J connectivity index is 2.38. The Morgan fingerprint density at radius 1 is 1.29 bits per heavy atom. The molecule has 0 saturated heterocycles. The second-order valence-electron chi connectivity index (χ2n) is 5.67. The molecular weight excluding hydrogens is 332 g/mol. The number of nitrogens with zero attached hydrogens (tertiary/aromatic N) is 5. The molecule has 124 valence electrons. The quantitative estimate of drug-likeness (QED) is 0.743. The van der Waals surface area contributed by atoms with Crippen LogP contribution in [0.1, 0.15) is 30.9 Å². The molecule has 10 heteroatoms. The largest absolute Gasteiger partial charge is 0.338 e. The highest BCUT2D eigenvalue weighted by atomic mass is 32.2. The van der Waals surface area contributed by atoms with Crippen LogP contribution in [0.5, 0.6) is 0 Å². The van der Waals surface area contributed by atoms with Crippen LogP contribution in [-0.2, 0) is 10.0 Å². The minimum absolute atomic E-state index is 0.149. The van der Waals surface area contributed by atoms with Crippen molar-refractivity contribution in [3.8, 4) is 17.3 Å². The maximum atomic E-state index is 12.7. The third-order valence-electron chi connectivity index (χ3n) is 3.59. The second-order valence-corrected chi connectivity index (χ2v) is 7.51. The van der Waals surface area contributed by atoms with E-state index in [9.17, 15) is 13.2 Å². The molecular formula is C14H14N6O3S. The number of H-pyrrole nitrogens is 1. The Morgan fingerprint density at radius 3 is 2.54 bits per heavy atom. The zero-order chi connectivity index (χ0) is 17.6. The van der Waals surface area contributed by atoms with Crippen LogP contribution >= 0.6 is 0 Å². The van der Waals surface area contributed by atoms with Crippen molar-refractivity contribution in [3.05, 3.63) is 40.1 Å². The van der Waals surface area contributed by atoms with Crippen molar-refractivity contribution >= 4 is 15.7 Å². The molecule has 0 bridgehead atoms. The summed E-state index contributed by atoms with van der Waals surface area (Å²) in [6.45, 7) is 3.69. The number of hydrogen-bond acceptors (Lipinski definition) is 6. The van der Waals surface area contributed by atoms with Crippen LogP contribution in [-0.4, -0.2) is 38.5 Å². The first kappa shape index (κ1) is 15.9. The van der Waals surface area contributed by atoms with Gasteiger partial charge in [-0.25, -0.2) is 8.42 Å². The third kappa shape index (κ3) is 2.39. The van der Waals surface area contributed by atoms with Crippen molar-refractivity contribution in [1.29, 1.82) is 5.26 Å². The van der Waals surface area contributed by atoms with Gasteiger partial charge in [-0.1, -0.05) is 13.8 Å². The van der Waals surface area contributed by atoms with Crippen molar-refractivity contribution < 1.29 is 8.42 Å². The zero-order valence-corrected chi connectivity index (χ0v) is 14.0. The lowest BCUT2D eigenvalue weighted by Gasteiger charge is -2.11. The fourth-order valence-electron chi connectivity index (χ4n) is 2.49. The SMILES string of the molecule is CC(C)c1c(-c2cnn(S(C)(=O)=O)c2)[nH]c2c(C#N)cnn2c1=O. The summed E-state index contributed by atoms with van der Waals surface area (Å²) in [6.07, 6.45) is 5.02. The molecule has 0 saturated carbocycles. The van der Waals surface area contributed by atoms with Crippen LogP contribution in [0.3, 0.4) is 0 Å². The first-order valence-electron chi connectivity index (χ1n) is 7.03. The predicted octanol–water partition coefficient (Wildman–Crippen LogP) is 0.689. The molecule has 0 fully saturated rings. The summed E-state index contributed by atoms with van der Waals surface area (Å²) in [4.78, 5) is 15.8. The molecule has 0 amide bonds. The summed E-state index contributed by atoms with van der Waals surface area (Å²) < 4.78 is 25.2. The van der Waals surface area contributed by atoms with Gasteiger partial charge in [0.05, 0.1) is 30.5 Å². The summed E-state index contributed by atoms with van der Waals surface area (Å²) in [5, 5.41) is 16.9. The molecule has 9 nitrogen and oxygen atoms in total. The lowest BCUT2D eigenvalue weighted by atomic mass is 10.00. The van der Waals surface area contributed by atoms with E-state index in [4.69, 9.17) is 5.26 Å². The van der Waals surface area contributed by atoms with Gasteiger partial charge in [-0.3, -0.25) is 4.79 Å². The van der Waals surface area contributed by atoms with E-state index >= 15 is 0 Å². The fourth-order valence-corrected chi connectivity index (χ4v) is 3.01. The summed E-state index contributed by atoms with van der Waals surface area (Å²) in [7, 11) is -3.53. The molecule has 0 aromatic carbocycles. The van der Waals surface area contributed by atoms with Crippen LogP contribution in [0.4, 0.5) is 0 Å². The maximum absolute atomic E-state index is 12.7. The maximum Gasteiger partial charge on any atom is 0.278 e. The number of hydrogen-bond donors (Lipinski definition) is 1. The lowest BCUT2D eigenvalue weighted by Crippen LogP contribution is -2.22. The Labute approximate surface area is 137 Å². The zero-order valence-electron chi connectivity index (χ0n) is 13.2. The average molecular weight is 346 g/mol. The molecule has 3 heterocycles. The van der Waals surface area contributed by atoms with Crippen molar-refractivity contribution in [2.24, 2.45) is 0 Å². The number of nitriles is 1. The molecule has 3 aromatic heterocycles. The monoisotopic (exact) mass is 346 g/mol. The minimum atomic E-state index is -3.53. The van der Waals surface area contributed by atoms with Crippen LogP contribution in [0.25, 0.3) is 16.9 Å². The standard InChI is InChI=1S/C14H14N6O3S/c1-8(2)11-12(10-6-16-19(7-10)24(3,22)23)18-13-9(4-15)5-17-20(13)14(11)21/h5-8,18H,1-3H3. The smallest absolute Gasteiger partial charge is 0.278 e. The average Bonchev–Trinajstić information content (AvgIpc) is 3.12. The number of aromatic nitrogens is 5. The van der Waals surface area contributed by atoms with E-state index in [1.807, 2.05) is 19.9 Å². The van der Waals surface area contributed by atoms with Crippen LogP contribution < -0.4 is 5.56 Å². The van der Waals surface area contributed by atoms with Gasteiger partial charge in [-0.2, -0.15) is 24.1 Å². The van der Waals surface area contributed by atoms with E-state index in [1.54, 1.807) is 0 Å². The van der Waals surface area contributed by atoms with E-state index < -0.39 is 10.0 Å². The van der Waals surface area contributed by atoms with Crippen LogP contribution in [0.15, 0.2) is 23.4 Å². The predicted molar refractivity (Wildman–Crippen MR) is 86.1 cm³/mol. The van der Waals surface area contributed by atoms with E-state index in [-0.39, 0.29) is 22.7 Å². The topological polar surface area (TPSA) is 126 Å². The number of fused-ring (bicyclic) bond motifs is 1. The van der Waals surface area contributed by atoms with Gasteiger partial charge in [-0.15, -0.1) is 0 Å².